The van der Waals surface area contributed by atoms with Crippen LogP contribution in [0.25, 0.3) is 6.08 Å². The monoisotopic (exact) mass is 357 g/mol. The highest BCUT2D eigenvalue weighted by Crippen LogP contribution is 2.34. The first-order valence-corrected chi connectivity index (χ1v) is 7.68. The second kappa shape index (κ2) is 8.15. The largest absolute Gasteiger partial charge is 0.496 e. The molecular weight excluding hydrogens is 338 g/mol. The molecule has 0 aromatic heterocycles. The van der Waals surface area contributed by atoms with Crippen LogP contribution in [0.1, 0.15) is 21.5 Å². The van der Waals surface area contributed by atoms with E-state index in [0.29, 0.717) is 28.4 Å². The Morgan fingerprint density at radius 1 is 1.04 bits per heavy atom. The Morgan fingerprint density at radius 2 is 1.65 bits per heavy atom. The molecule has 0 aliphatic rings. The van der Waals surface area contributed by atoms with E-state index in [4.69, 9.17) is 14.2 Å². The lowest BCUT2D eigenvalue weighted by Gasteiger charge is -2.13. The number of allylic oxidation sites excluding steroid dienone is 1. The maximum Gasteiger partial charge on any atom is 0.269 e. The summed E-state index contributed by atoms with van der Waals surface area (Å²) in [6, 6.07) is 7.64. The van der Waals surface area contributed by atoms with Gasteiger partial charge in [0.05, 0.1) is 26.3 Å². The van der Waals surface area contributed by atoms with E-state index < -0.39 is 4.92 Å². The van der Waals surface area contributed by atoms with Gasteiger partial charge in [0, 0.05) is 24.3 Å². The Labute approximate surface area is 151 Å². The predicted octanol–water partition coefficient (Wildman–Crippen LogP) is 3.83. The van der Waals surface area contributed by atoms with Crippen molar-refractivity contribution in [1.29, 1.82) is 0 Å². The van der Waals surface area contributed by atoms with E-state index in [-0.39, 0.29) is 17.0 Å². The van der Waals surface area contributed by atoms with Crippen molar-refractivity contribution in [3.8, 4) is 17.2 Å². The lowest BCUT2D eigenvalue weighted by atomic mass is 10.0. The zero-order valence-corrected chi connectivity index (χ0v) is 14.9. The van der Waals surface area contributed by atoms with E-state index in [1.54, 1.807) is 31.2 Å². The molecule has 0 saturated carbocycles. The Balaban J connectivity index is 2.38. The number of rotatable bonds is 7. The molecule has 136 valence electrons. The van der Waals surface area contributed by atoms with Gasteiger partial charge >= 0.3 is 0 Å². The van der Waals surface area contributed by atoms with Crippen LogP contribution in [0.15, 0.2) is 36.4 Å². The Hall–Kier alpha value is -3.35. The fraction of sp³-hybridized carbons (Fsp3) is 0.211. The summed E-state index contributed by atoms with van der Waals surface area (Å²) in [4.78, 5) is 23.0. The highest BCUT2D eigenvalue weighted by molar-refractivity contribution is 6.10. The van der Waals surface area contributed by atoms with Crippen LogP contribution in [0.5, 0.6) is 17.2 Å². The van der Waals surface area contributed by atoms with Crippen molar-refractivity contribution in [2.45, 2.75) is 6.92 Å². The maximum atomic E-state index is 12.7. The van der Waals surface area contributed by atoms with Gasteiger partial charge in [0.2, 0.25) is 0 Å². The summed E-state index contributed by atoms with van der Waals surface area (Å²) < 4.78 is 15.7. The molecule has 0 saturated heterocycles. The van der Waals surface area contributed by atoms with Crippen molar-refractivity contribution in [3.05, 3.63) is 63.2 Å². The summed E-state index contributed by atoms with van der Waals surface area (Å²) >= 11 is 0. The highest BCUT2D eigenvalue weighted by atomic mass is 16.6. The molecule has 7 heteroatoms. The molecule has 0 N–H and O–H groups in total. The second-order valence-electron chi connectivity index (χ2n) is 5.40. The molecule has 2 aromatic carbocycles. The summed E-state index contributed by atoms with van der Waals surface area (Å²) in [6.45, 7) is 1.74. The molecule has 0 aliphatic carbocycles. The number of aryl methyl sites for hydroxylation is 1. The molecule has 0 fully saturated rings. The third-order valence-electron chi connectivity index (χ3n) is 3.84. The Kier molecular flexibility index (Phi) is 5.95. The lowest BCUT2D eigenvalue weighted by Crippen LogP contribution is -2.03. The fourth-order valence-corrected chi connectivity index (χ4v) is 2.46. The molecular formula is C19H19NO6. The molecule has 2 rings (SSSR count). The number of nitro groups is 1. The lowest BCUT2D eigenvalue weighted by molar-refractivity contribution is -0.384. The third-order valence-corrected chi connectivity index (χ3v) is 3.84. The number of carbonyl (C=O) groups excluding carboxylic acids is 1. The molecule has 2 aromatic rings. The van der Waals surface area contributed by atoms with E-state index >= 15 is 0 Å². The SMILES string of the molecule is COc1cc(OC)c(C(=O)/C=C/c2ccc([N+](=O)[O-])cc2C)c(OC)c1. The van der Waals surface area contributed by atoms with Crippen molar-refractivity contribution < 1.29 is 23.9 Å². The van der Waals surface area contributed by atoms with E-state index in [0.717, 1.165) is 0 Å². The van der Waals surface area contributed by atoms with Gasteiger partial charge in [0.1, 0.15) is 22.8 Å². The number of methoxy groups -OCH3 is 3. The predicted molar refractivity (Wildman–Crippen MR) is 97.3 cm³/mol. The average Bonchev–Trinajstić information content (AvgIpc) is 2.65. The normalized spacial score (nSPS) is 10.6. The molecule has 7 nitrogen and oxygen atoms in total. The summed E-state index contributed by atoms with van der Waals surface area (Å²) in [5.74, 6) is 0.845. The van der Waals surface area contributed by atoms with Gasteiger partial charge in [-0.3, -0.25) is 14.9 Å². The van der Waals surface area contributed by atoms with Crippen LogP contribution in [-0.2, 0) is 0 Å². The number of non-ortho nitro benzene ring substituents is 1. The first-order valence-electron chi connectivity index (χ1n) is 7.68. The minimum absolute atomic E-state index is 0.00414. The van der Waals surface area contributed by atoms with E-state index in [1.807, 2.05) is 0 Å². The van der Waals surface area contributed by atoms with Crippen LogP contribution in [0.2, 0.25) is 0 Å². The van der Waals surface area contributed by atoms with Crippen molar-refractivity contribution in [1.82, 2.24) is 0 Å². The smallest absolute Gasteiger partial charge is 0.269 e. The number of carbonyl (C=O) groups is 1. The zero-order valence-electron chi connectivity index (χ0n) is 14.9. The molecule has 0 bridgehead atoms. The van der Waals surface area contributed by atoms with Gasteiger partial charge in [-0.1, -0.05) is 6.08 Å². The number of benzene rings is 2. The van der Waals surface area contributed by atoms with Gasteiger partial charge in [-0.05, 0) is 30.2 Å². The molecule has 0 amide bonds. The number of ether oxygens (including phenoxy) is 3. The van der Waals surface area contributed by atoms with Gasteiger partial charge in [-0.25, -0.2) is 0 Å². The quantitative estimate of drug-likeness (QED) is 0.324. The fourth-order valence-electron chi connectivity index (χ4n) is 2.46. The van der Waals surface area contributed by atoms with Crippen molar-refractivity contribution in [2.24, 2.45) is 0 Å². The number of nitrogens with zero attached hydrogens (tertiary/aromatic N) is 1. The van der Waals surface area contributed by atoms with Crippen LogP contribution in [0, 0.1) is 17.0 Å². The molecule has 0 radical (unpaired) electrons. The molecule has 0 aliphatic heterocycles. The van der Waals surface area contributed by atoms with E-state index in [2.05, 4.69) is 0 Å². The van der Waals surface area contributed by atoms with Crippen molar-refractivity contribution >= 4 is 17.5 Å². The van der Waals surface area contributed by atoms with Gasteiger partial charge in [-0.15, -0.1) is 0 Å². The van der Waals surface area contributed by atoms with Gasteiger partial charge in [0.15, 0.2) is 5.78 Å². The van der Waals surface area contributed by atoms with Crippen molar-refractivity contribution in [3.63, 3.8) is 0 Å². The Bertz CT molecular complexity index is 847. The maximum absolute atomic E-state index is 12.7. The summed E-state index contributed by atoms with van der Waals surface area (Å²) in [7, 11) is 4.41. The molecule has 0 spiro atoms. The molecule has 0 atom stereocenters. The zero-order chi connectivity index (χ0) is 19.3. The minimum atomic E-state index is -0.460. The van der Waals surface area contributed by atoms with Gasteiger partial charge in [-0.2, -0.15) is 0 Å². The first kappa shape index (κ1) is 19.0. The average molecular weight is 357 g/mol. The topological polar surface area (TPSA) is 87.9 Å². The minimum Gasteiger partial charge on any atom is -0.496 e. The number of nitro benzene ring substituents is 1. The Morgan fingerprint density at radius 3 is 2.12 bits per heavy atom. The summed E-state index contributed by atoms with van der Waals surface area (Å²) in [5.41, 5.74) is 1.67. The highest BCUT2D eigenvalue weighted by Gasteiger charge is 2.18. The van der Waals surface area contributed by atoms with Crippen LogP contribution in [-0.4, -0.2) is 32.0 Å². The molecule has 0 unspecified atom stereocenters. The van der Waals surface area contributed by atoms with Crippen LogP contribution < -0.4 is 14.2 Å². The van der Waals surface area contributed by atoms with Crippen molar-refractivity contribution in [2.75, 3.05) is 21.3 Å². The summed E-state index contributed by atoms with van der Waals surface area (Å²) in [6.07, 6.45) is 2.98. The van der Waals surface area contributed by atoms with E-state index in [1.165, 1.54) is 39.5 Å². The van der Waals surface area contributed by atoms with Crippen LogP contribution in [0.4, 0.5) is 5.69 Å². The summed E-state index contributed by atoms with van der Waals surface area (Å²) in [5, 5.41) is 10.8. The standard InChI is InChI=1S/C19H19NO6/c1-12-9-14(20(22)23)7-5-13(12)6-8-16(21)19-17(25-3)10-15(24-2)11-18(19)26-4/h5-11H,1-4H3/b8-6+. The van der Waals surface area contributed by atoms with Crippen LogP contribution >= 0.6 is 0 Å². The van der Waals surface area contributed by atoms with Gasteiger partial charge < -0.3 is 14.2 Å². The third kappa shape index (κ3) is 4.00. The van der Waals surface area contributed by atoms with Crippen LogP contribution in [0.3, 0.4) is 0 Å². The number of hydrogen-bond acceptors (Lipinski definition) is 6. The number of hydrogen-bond donors (Lipinski definition) is 0. The first-order chi connectivity index (χ1) is 12.4. The van der Waals surface area contributed by atoms with Gasteiger partial charge in [0.25, 0.3) is 5.69 Å². The second-order valence-corrected chi connectivity index (χ2v) is 5.40. The molecule has 26 heavy (non-hydrogen) atoms. The molecule has 0 heterocycles. The number of ketones is 1. The van der Waals surface area contributed by atoms with E-state index in [9.17, 15) is 14.9 Å².